The maximum absolute atomic E-state index is 9.68. The Kier molecular flexibility index (Phi) is 3.55. The van der Waals surface area contributed by atoms with Crippen LogP contribution in [0.25, 0.3) is 0 Å². The largest absolute Gasteiger partial charge is 0.197 e. The van der Waals surface area contributed by atoms with Gasteiger partial charge in [-0.15, -0.1) is 0 Å². The number of nitriles is 1. The Morgan fingerprint density at radius 1 is 1.00 bits per heavy atom. The van der Waals surface area contributed by atoms with Gasteiger partial charge in [0.15, 0.2) is 0 Å². The average molecular weight is 275 g/mol. The fourth-order valence-corrected chi connectivity index (χ4v) is 3.32. The maximum atomic E-state index is 9.68. The van der Waals surface area contributed by atoms with Gasteiger partial charge in [0.1, 0.15) is 0 Å². The van der Waals surface area contributed by atoms with E-state index in [4.69, 9.17) is 0 Å². The average Bonchev–Trinajstić information content (AvgIpc) is 2.48. The number of rotatable bonds is 3. The zero-order valence-corrected chi connectivity index (χ0v) is 12.7. The molecule has 1 saturated carbocycles. The van der Waals surface area contributed by atoms with Gasteiger partial charge in [0.05, 0.1) is 11.5 Å². The van der Waals surface area contributed by atoms with Gasteiger partial charge in [-0.05, 0) is 41.4 Å². The second kappa shape index (κ2) is 5.37. The SMILES string of the molecule is CC(C)c1ccc(C2(C#N)CC(c3ccccc3)C2)cc1. The van der Waals surface area contributed by atoms with E-state index in [0.29, 0.717) is 11.8 Å². The first-order valence-electron chi connectivity index (χ1n) is 7.71. The molecule has 0 unspecified atom stereocenters. The Labute approximate surface area is 127 Å². The molecule has 0 amide bonds. The highest BCUT2D eigenvalue weighted by Crippen LogP contribution is 2.52. The molecule has 1 heteroatoms. The minimum atomic E-state index is -0.282. The predicted molar refractivity (Wildman–Crippen MR) is 86.2 cm³/mol. The summed E-state index contributed by atoms with van der Waals surface area (Å²) in [6.45, 7) is 4.40. The molecule has 0 saturated heterocycles. The normalized spacial score (nSPS) is 24.4. The predicted octanol–water partition coefficient (Wildman–Crippen LogP) is 5.15. The summed E-state index contributed by atoms with van der Waals surface area (Å²) in [5.41, 5.74) is 3.60. The second-order valence-electron chi connectivity index (χ2n) is 6.49. The van der Waals surface area contributed by atoms with Crippen LogP contribution in [-0.4, -0.2) is 0 Å². The van der Waals surface area contributed by atoms with Gasteiger partial charge in [-0.2, -0.15) is 5.26 Å². The molecule has 0 atom stereocenters. The van der Waals surface area contributed by atoms with Crippen LogP contribution in [0, 0.1) is 11.3 Å². The molecule has 2 aromatic carbocycles. The van der Waals surface area contributed by atoms with Crippen LogP contribution in [0.5, 0.6) is 0 Å². The fraction of sp³-hybridized carbons (Fsp3) is 0.350. The van der Waals surface area contributed by atoms with Gasteiger partial charge < -0.3 is 0 Å². The summed E-state index contributed by atoms with van der Waals surface area (Å²) >= 11 is 0. The zero-order chi connectivity index (χ0) is 14.9. The van der Waals surface area contributed by atoms with Gasteiger partial charge >= 0.3 is 0 Å². The molecule has 2 aromatic rings. The van der Waals surface area contributed by atoms with Crippen molar-refractivity contribution in [1.82, 2.24) is 0 Å². The third kappa shape index (κ3) is 2.47. The topological polar surface area (TPSA) is 23.8 Å². The molecule has 106 valence electrons. The number of hydrogen-bond donors (Lipinski definition) is 0. The highest BCUT2D eigenvalue weighted by atomic mass is 14.5. The van der Waals surface area contributed by atoms with Crippen molar-refractivity contribution in [2.45, 2.75) is 43.9 Å². The first-order chi connectivity index (χ1) is 10.1. The molecular weight excluding hydrogens is 254 g/mol. The van der Waals surface area contributed by atoms with E-state index < -0.39 is 0 Å². The number of nitrogens with zero attached hydrogens (tertiary/aromatic N) is 1. The van der Waals surface area contributed by atoms with E-state index in [1.54, 1.807) is 0 Å². The lowest BCUT2D eigenvalue weighted by molar-refractivity contribution is 0.270. The fourth-order valence-electron chi connectivity index (χ4n) is 3.32. The highest BCUT2D eigenvalue weighted by Gasteiger charge is 2.46. The molecular formula is C20H21N. The number of hydrogen-bond acceptors (Lipinski definition) is 1. The lowest BCUT2D eigenvalue weighted by atomic mass is 9.57. The van der Waals surface area contributed by atoms with Gasteiger partial charge in [0, 0.05) is 0 Å². The zero-order valence-electron chi connectivity index (χ0n) is 12.7. The summed E-state index contributed by atoms with van der Waals surface area (Å²) in [5.74, 6) is 1.06. The molecule has 0 aliphatic heterocycles. The quantitative estimate of drug-likeness (QED) is 0.760. The minimum absolute atomic E-state index is 0.282. The van der Waals surface area contributed by atoms with E-state index in [1.165, 1.54) is 16.7 Å². The van der Waals surface area contributed by atoms with Crippen molar-refractivity contribution in [1.29, 1.82) is 5.26 Å². The molecule has 21 heavy (non-hydrogen) atoms. The van der Waals surface area contributed by atoms with Gasteiger partial charge in [0.25, 0.3) is 0 Å². The van der Waals surface area contributed by atoms with Crippen LogP contribution < -0.4 is 0 Å². The van der Waals surface area contributed by atoms with E-state index in [9.17, 15) is 5.26 Å². The minimum Gasteiger partial charge on any atom is -0.197 e. The molecule has 0 heterocycles. The van der Waals surface area contributed by atoms with Gasteiger partial charge in [-0.25, -0.2) is 0 Å². The van der Waals surface area contributed by atoms with Crippen LogP contribution in [0.2, 0.25) is 0 Å². The van der Waals surface area contributed by atoms with E-state index in [0.717, 1.165) is 12.8 Å². The molecule has 0 aromatic heterocycles. The van der Waals surface area contributed by atoms with Crippen LogP contribution in [0.4, 0.5) is 0 Å². The Morgan fingerprint density at radius 3 is 2.14 bits per heavy atom. The third-order valence-electron chi connectivity index (χ3n) is 4.80. The van der Waals surface area contributed by atoms with Crippen LogP contribution >= 0.6 is 0 Å². The van der Waals surface area contributed by atoms with Crippen molar-refractivity contribution in [3.63, 3.8) is 0 Å². The Hall–Kier alpha value is -2.07. The van der Waals surface area contributed by atoms with Crippen LogP contribution in [0.15, 0.2) is 54.6 Å². The molecule has 1 aliphatic carbocycles. The van der Waals surface area contributed by atoms with Crippen molar-refractivity contribution < 1.29 is 0 Å². The highest BCUT2D eigenvalue weighted by molar-refractivity contribution is 5.41. The van der Waals surface area contributed by atoms with Crippen molar-refractivity contribution in [2.75, 3.05) is 0 Å². The summed E-state index contributed by atoms with van der Waals surface area (Å²) in [4.78, 5) is 0. The smallest absolute Gasteiger partial charge is 0.0834 e. The lowest BCUT2D eigenvalue weighted by Crippen LogP contribution is -2.38. The maximum Gasteiger partial charge on any atom is 0.0834 e. The standard InChI is InChI=1S/C20H21N/c1-15(2)16-8-10-19(11-9-16)20(14-21)12-18(13-20)17-6-4-3-5-7-17/h3-11,15,18H,12-13H2,1-2H3. The summed E-state index contributed by atoms with van der Waals surface area (Å²) in [7, 11) is 0. The molecule has 1 nitrogen and oxygen atoms in total. The van der Waals surface area contributed by atoms with Crippen molar-refractivity contribution in [3.05, 3.63) is 71.3 Å². The molecule has 0 spiro atoms. The van der Waals surface area contributed by atoms with Crippen molar-refractivity contribution in [3.8, 4) is 6.07 Å². The first-order valence-corrected chi connectivity index (χ1v) is 7.71. The van der Waals surface area contributed by atoms with Crippen molar-refractivity contribution >= 4 is 0 Å². The third-order valence-corrected chi connectivity index (χ3v) is 4.80. The first kappa shape index (κ1) is 13.9. The van der Waals surface area contributed by atoms with Gasteiger partial charge in [-0.3, -0.25) is 0 Å². The number of benzene rings is 2. The Bertz CT molecular complexity index is 640. The second-order valence-corrected chi connectivity index (χ2v) is 6.49. The summed E-state index contributed by atoms with van der Waals surface area (Å²) < 4.78 is 0. The molecule has 1 fully saturated rings. The molecule has 0 radical (unpaired) electrons. The van der Waals surface area contributed by atoms with Crippen molar-refractivity contribution in [2.24, 2.45) is 0 Å². The van der Waals surface area contributed by atoms with Gasteiger partial charge in [0.2, 0.25) is 0 Å². The summed E-state index contributed by atoms with van der Waals surface area (Å²) in [6, 6.07) is 21.8. The van der Waals surface area contributed by atoms with E-state index >= 15 is 0 Å². The molecule has 3 rings (SSSR count). The molecule has 0 bridgehead atoms. The summed E-state index contributed by atoms with van der Waals surface area (Å²) in [6.07, 6.45) is 1.88. The van der Waals surface area contributed by atoms with Crippen LogP contribution in [0.1, 0.15) is 55.2 Å². The summed E-state index contributed by atoms with van der Waals surface area (Å²) in [5, 5.41) is 9.68. The van der Waals surface area contributed by atoms with E-state index in [1.807, 2.05) is 6.07 Å². The van der Waals surface area contributed by atoms with E-state index in [-0.39, 0.29) is 5.41 Å². The Morgan fingerprint density at radius 2 is 1.62 bits per heavy atom. The van der Waals surface area contributed by atoms with Crippen LogP contribution in [0.3, 0.4) is 0 Å². The molecule has 0 N–H and O–H groups in total. The molecule has 1 aliphatic rings. The lowest BCUT2D eigenvalue weighted by Gasteiger charge is -2.43. The van der Waals surface area contributed by atoms with Crippen LogP contribution in [-0.2, 0) is 5.41 Å². The van der Waals surface area contributed by atoms with Gasteiger partial charge in [-0.1, -0.05) is 68.4 Å². The monoisotopic (exact) mass is 275 g/mol. The Balaban J connectivity index is 1.80. The van der Waals surface area contributed by atoms with E-state index in [2.05, 4.69) is 68.4 Å².